The summed E-state index contributed by atoms with van der Waals surface area (Å²) in [6.07, 6.45) is 2.34. The predicted molar refractivity (Wildman–Crippen MR) is 75.1 cm³/mol. The van der Waals surface area contributed by atoms with Gasteiger partial charge in [-0.05, 0) is 31.0 Å². The number of unbranched alkanes of at least 4 members (excludes halogenated alkanes) is 1. The molecule has 0 fully saturated rings. The van der Waals surface area contributed by atoms with Crippen molar-refractivity contribution in [1.82, 2.24) is 5.32 Å². The third-order valence-corrected chi connectivity index (χ3v) is 2.95. The fourth-order valence-electron chi connectivity index (χ4n) is 1.71. The molecular formula is C15H25NO2. The van der Waals surface area contributed by atoms with Crippen LogP contribution in [0.3, 0.4) is 0 Å². The molecule has 0 radical (unpaired) electrons. The van der Waals surface area contributed by atoms with Gasteiger partial charge in [-0.1, -0.05) is 25.5 Å². The maximum absolute atomic E-state index is 5.51. The molecule has 0 saturated heterocycles. The Morgan fingerprint density at radius 3 is 2.50 bits per heavy atom. The molecule has 1 aromatic rings. The summed E-state index contributed by atoms with van der Waals surface area (Å²) in [6.45, 7) is 6.87. The van der Waals surface area contributed by atoms with Crippen LogP contribution in [0.2, 0.25) is 0 Å². The van der Waals surface area contributed by atoms with E-state index in [-0.39, 0.29) is 0 Å². The van der Waals surface area contributed by atoms with E-state index in [0.29, 0.717) is 6.04 Å². The fourth-order valence-corrected chi connectivity index (χ4v) is 1.71. The van der Waals surface area contributed by atoms with Crippen LogP contribution in [0.15, 0.2) is 24.3 Å². The Balaban J connectivity index is 2.21. The highest BCUT2D eigenvalue weighted by molar-refractivity contribution is 5.28. The minimum absolute atomic E-state index is 0.339. The van der Waals surface area contributed by atoms with Crippen molar-refractivity contribution in [3.05, 3.63) is 29.8 Å². The molecule has 3 heteroatoms. The highest BCUT2D eigenvalue weighted by Crippen LogP contribution is 2.16. The van der Waals surface area contributed by atoms with E-state index < -0.39 is 0 Å². The number of hydrogen-bond acceptors (Lipinski definition) is 3. The molecule has 0 bridgehead atoms. The van der Waals surface area contributed by atoms with E-state index in [1.807, 2.05) is 12.1 Å². The first-order valence-corrected chi connectivity index (χ1v) is 6.73. The first-order chi connectivity index (χ1) is 8.77. The van der Waals surface area contributed by atoms with Gasteiger partial charge < -0.3 is 14.8 Å². The Labute approximate surface area is 110 Å². The van der Waals surface area contributed by atoms with Gasteiger partial charge in [0.05, 0.1) is 13.7 Å². The molecule has 1 rings (SSSR count). The number of nitrogens with one attached hydrogen (secondary N) is 1. The van der Waals surface area contributed by atoms with Crippen molar-refractivity contribution >= 4 is 0 Å². The molecule has 0 saturated carbocycles. The van der Waals surface area contributed by atoms with Gasteiger partial charge in [0.1, 0.15) is 5.75 Å². The summed E-state index contributed by atoms with van der Waals surface area (Å²) in [6, 6.07) is 8.50. The van der Waals surface area contributed by atoms with E-state index in [4.69, 9.17) is 9.47 Å². The van der Waals surface area contributed by atoms with E-state index in [2.05, 4.69) is 31.3 Å². The number of rotatable bonds is 9. The largest absolute Gasteiger partial charge is 0.497 e. The zero-order valence-corrected chi connectivity index (χ0v) is 11.7. The normalized spacial score (nSPS) is 12.4. The second-order valence-electron chi connectivity index (χ2n) is 4.41. The highest BCUT2D eigenvalue weighted by Gasteiger charge is 2.04. The van der Waals surface area contributed by atoms with Crippen molar-refractivity contribution in [3.8, 4) is 5.75 Å². The molecule has 1 N–H and O–H groups in total. The molecular weight excluding hydrogens is 226 g/mol. The number of benzene rings is 1. The molecule has 0 aliphatic rings. The molecule has 1 aromatic carbocycles. The van der Waals surface area contributed by atoms with E-state index in [1.54, 1.807) is 7.11 Å². The van der Waals surface area contributed by atoms with Gasteiger partial charge in [-0.2, -0.15) is 0 Å². The Bertz CT molecular complexity index is 311. The lowest BCUT2D eigenvalue weighted by atomic mass is 10.1. The van der Waals surface area contributed by atoms with Gasteiger partial charge in [-0.15, -0.1) is 0 Å². The summed E-state index contributed by atoms with van der Waals surface area (Å²) in [4.78, 5) is 0. The lowest BCUT2D eigenvalue weighted by molar-refractivity contribution is 0.131. The van der Waals surface area contributed by atoms with Crippen LogP contribution in [0, 0.1) is 0 Å². The lowest BCUT2D eigenvalue weighted by Gasteiger charge is -2.14. The highest BCUT2D eigenvalue weighted by atomic mass is 16.5. The molecule has 0 heterocycles. The SMILES string of the molecule is CCCCOCCNC(C)c1ccc(OC)cc1. The predicted octanol–water partition coefficient (Wildman–Crippen LogP) is 3.16. The van der Waals surface area contributed by atoms with Crippen LogP contribution in [0.25, 0.3) is 0 Å². The van der Waals surface area contributed by atoms with E-state index in [1.165, 1.54) is 12.0 Å². The molecule has 3 nitrogen and oxygen atoms in total. The number of hydrogen-bond donors (Lipinski definition) is 1. The monoisotopic (exact) mass is 251 g/mol. The Kier molecular flexibility index (Phi) is 7.46. The summed E-state index contributed by atoms with van der Waals surface area (Å²) in [5.74, 6) is 0.897. The van der Waals surface area contributed by atoms with Crippen molar-refractivity contribution in [2.75, 3.05) is 26.9 Å². The molecule has 0 aromatic heterocycles. The maximum Gasteiger partial charge on any atom is 0.118 e. The van der Waals surface area contributed by atoms with Gasteiger partial charge in [-0.3, -0.25) is 0 Å². The van der Waals surface area contributed by atoms with Crippen molar-refractivity contribution in [1.29, 1.82) is 0 Å². The van der Waals surface area contributed by atoms with Gasteiger partial charge >= 0.3 is 0 Å². The van der Waals surface area contributed by atoms with Gasteiger partial charge in [-0.25, -0.2) is 0 Å². The Morgan fingerprint density at radius 2 is 1.89 bits per heavy atom. The van der Waals surface area contributed by atoms with Crippen molar-refractivity contribution < 1.29 is 9.47 Å². The minimum atomic E-state index is 0.339. The second-order valence-corrected chi connectivity index (χ2v) is 4.41. The topological polar surface area (TPSA) is 30.5 Å². The van der Waals surface area contributed by atoms with Crippen LogP contribution >= 0.6 is 0 Å². The smallest absolute Gasteiger partial charge is 0.118 e. The summed E-state index contributed by atoms with van der Waals surface area (Å²) >= 11 is 0. The van der Waals surface area contributed by atoms with Crippen LogP contribution in [-0.2, 0) is 4.74 Å². The second kappa shape index (κ2) is 8.95. The summed E-state index contributed by atoms with van der Waals surface area (Å²) in [7, 11) is 1.68. The molecule has 1 unspecified atom stereocenters. The van der Waals surface area contributed by atoms with Crippen molar-refractivity contribution in [3.63, 3.8) is 0 Å². The van der Waals surface area contributed by atoms with Gasteiger partial charge in [0.2, 0.25) is 0 Å². The van der Waals surface area contributed by atoms with Crippen LogP contribution in [-0.4, -0.2) is 26.9 Å². The van der Waals surface area contributed by atoms with E-state index in [0.717, 1.165) is 31.9 Å². The minimum Gasteiger partial charge on any atom is -0.497 e. The zero-order chi connectivity index (χ0) is 13.2. The summed E-state index contributed by atoms with van der Waals surface area (Å²) in [5.41, 5.74) is 1.27. The van der Waals surface area contributed by atoms with E-state index >= 15 is 0 Å². The Morgan fingerprint density at radius 1 is 1.17 bits per heavy atom. The van der Waals surface area contributed by atoms with Gasteiger partial charge in [0, 0.05) is 19.2 Å². The first kappa shape index (κ1) is 15.0. The molecule has 0 amide bonds. The van der Waals surface area contributed by atoms with Crippen molar-refractivity contribution in [2.45, 2.75) is 32.7 Å². The van der Waals surface area contributed by atoms with Gasteiger partial charge in [0.25, 0.3) is 0 Å². The average molecular weight is 251 g/mol. The standard InChI is InChI=1S/C15H25NO2/c1-4-5-11-18-12-10-16-13(2)14-6-8-15(17-3)9-7-14/h6-9,13,16H,4-5,10-12H2,1-3H3. The van der Waals surface area contributed by atoms with Crippen LogP contribution in [0.4, 0.5) is 0 Å². The van der Waals surface area contributed by atoms with Crippen LogP contribution in [0.1, 0.15) is 38.3 Å². The van der Waals surface area contributed by atoms with Crippen molar-refractivity contribution in [2.24, 2.45) is 0 Å². The molecule has 1 atom stereocenters. The molecule has 102 valence electrons. The molecule has 0 spiro atoms. The molecule has 0 aliphatic carbocycles. The number of methoxy groups -OCH3 is 1. The lowest BCUT2D eigenvalue weighted by Crippen LogP contribution is -2.23. The molecule has 18 heavy (non-hydrogen) atoms. The van der Waals surface area contributed by atoms with E-state index in [9.17, 15) is 0 Å². The third kappa shape index (κ3) is 5.52. The summed E-state index contributed by atoms with van der Waals surface area (Å²) < 4.78 is 10.7. The van der Waals surface area contributed by atoms with Crippen LogP contribution < -0.4 is 10.1 Å². The molecule has 0 aliphatic heterocycles. The number of ether oxygens (including phenoxy) is 2. The quantitative estimate of drug-likeness (QED) is 0.684. The van der Waals surface area contributed by atoms with Crippen LogP contribution in [0.5, 0.6) is 5.75 Å². The Hall–Kier alpha value is -1.06. The summed E-state index contributed by atoms with van der Waals surface area (Å²) in [5, 5.41) is 3.45. The maximum atomic E-state index is 5.51. The average Bonchev–Trinajstić information content (AvgIpc) is 2.42. The van der Waals surface area contributed by atoms with Gasteiger partial charge in [0.15, 0.2) is 0 Å². The fraction of sp³-hybridized carbons (Fsp3) is 0.600. The first-order valence-electron chi connectivity index (χ1n) is 6.73. The zero-order valence-electron chi connectivity index (χ0n) is 11.7. The third-order valence-electron chi connectivity index (χ3n) is 2.95.